The van der Waals surface area contributed by atoms with Gasteiger partial charge in [0.2, 0.25) is 0 Å². The smallest absolute Gasteiger partial charge is 0.278 e. The highest BCUT2D eigenvalue weighted by atomic mass is 32.1. The fourth-order valence-electron chi connectivity index (χ4n) is 3.78. The number of aryl methyl sites for hydroxylation is 3. The fourth-order valence-corrected chi connectivity index (χ4v) is 4.55. The average Bonchev–Trinajstić information content (AvgIpc) is 3.36. The van der Waals surface area contributed by atoms with E-state index in [9.17, 15) is 9.59 Å². The third-order valence-corrected chi connectivity index (χ3v) is 6.23. The first kappa shape index (κ1) is 21.8. The molecule has 0 atom stereocenters. The molecule has 0 radical (unpaired) electrons. The Hall–Kier alpha value is -3.38. The fraction of sp³-hybridized carbons (Fsp3) is 0.231. The molecule has 0 fully saturated rings. The SMILES string of the molecule is CCc1ccc(NC2=C(c3cccs3)C(=O)N(CCOc3cc(C)cc(C)c3)C2=O)cc1. The van der Waals surface area contributed by atoms with Gasteiger partial charge >= 0.3 is 0 Å². The number of benzene rings is 2. The first-order valence-corrected chi connectivity index (χ1v) is 11.6. The van der Waals surface area contributed by atoms with Crippen LogP contribution in [0.1, 0.15) is 28.5 Å². The van der Waals surface area contributed by atoms with Gasteiger partial charge in [-0.05, 0) is 72.7 Å². The quantitative estimate of drug-likeness (QED) is 0.483. The van der Waals surface area contributed by atoms with E-state index in [1.165, 1.54) is 21.8 Å². The van der Waals surface area contributed by atoms with E-state index in [2.05, 4.69) is 18.3 Å². The second-order valence-electron chi connectivity index (χ2n) is 7.84. The summed E-state index contributed by atoms with van der Waals surface area (Å²) < 4.78 is 5.85. The number of amides is 2. The van der Waals surface area contributed by atoms with Gasteiger partial charge in [-0.25, -0.2) is 0 Å². The van der Waals surface area contributed by atoms with Gasteiger partial charge in [0.1, 0.15) is 18.1 Å². The summed E-state index contributed by atoms with van der Waals surface area (Å²) >= 11 is 1.44. The maximum absolute atomic E-state index is 13.2. The van der Waals surface area contributed by atoms with Crippen LogP contribution >= 0.6 is 11.3 Å². The molecule has 0 unspecified atom stereocenters. The molecule has 2 heterocycles. The van der Waals surface area contributed by atoms with Gasteiger partial charge in [0, 0.05) is 10.6 Å². The molecule has 32 heavy (non-hydrogen) atoms. The van der Waals surface area contributed by atoms with Gasteiger partial charge in [-0.1, -0.05) is 31.2 Å². The molecule has 3 aromatic rings. The van der Waals surface area contributed by atoms with Crippen LogP contribution < -0.4 is 10.1 Å². The lowest BCUT2D eigenvalue weighted by molar-refractivity contribution is -0.137. The summed E-state index contributed by atoms with van der Waals surface area (Å²) in [6, 6.07) is 17.6. The van der Waals surface area contributed by atoms with Crippen LogP contribution in [0.25, 0.3) is 5.57 Å². The predicted molar refractivity (Wildman–Crippen MR) is 129 cm³/mol. The monoisotopic (exact) mass is 446 g/mol. The zero-order chi connectivity index (χ0) is 22.7. The van der Waals surface area contributed by atoms with Crippen LogP contribution in [0.4, 0.5) is 5.69 Å². The summed E-state index contributed by atoms with van der Waals surface area (Å²) in [5.74, 6) is 0.110. The lowest BCUT2D eigenvalue weighted by Gasteiger charge is -2.16. The van der Waals surface area contributed by atoms with E-state index < -0.39 is 0 Å². The Morgan fingerprint density at radius 1 is 0.969 bits per heavy atom. The van der Waals surface area contributed by atoms with Crippen LogP contribution in [0.5, 0.6) is 5.75 Å². The standard InChI is InChI=1S/C26H26N2O3S/c1-4-19-7-9-20(10-8-19)27-24-23(22-6-5-13-32-22)25(29)28(26(24)30)11-12-31-21-15-17(2)14-18(3)16-21/h5-10,13-16,27H,4,11-12H2,1-3H3. The van der Waals surface area contributed by atoms with Gasteiger partial charge in [0.05, 0.1) is 12.1 Å². The Morgan fingerprint density at radius 2 is 1.69 bits per heavy atom. The molecule has 2 aromatic carbocycles. The lowest BCUT2D eigenvalue weighted by Crippen LogP contribution is -2.36. The van der Waals surface area contributed by atoms with Crippen molar-refractivity contribution in [2.24, 2.45) is 0 Å². The van der Waals surface area contributed by atoms with Crippen molar-refractivity contribution in [1.29, 1.82) is 0 Å². The first-order chi connectivity index (χ1) is 15.5. The number of hydrogen-bond acceptors (Lipinski definition) is 5. The van der Waals surface area contributed by atoms with Crippen LogP contribution in [0.15, 0.2) is 65.7 Å². The minimum Gasteiger partial charge on any atom is -0.492 e. The van der Waals surface area contributed by atoms with Crippen LogP contribution in [-0.2, 0) is 16.0 Å². The first-order valence-electron chi connectivity index (χ1n) is 10.7. The number of nitrogens with one attached hydrogen (secondary N) is 1. The topological polar surface area (TPSA) is 58.6 Å². The second-order valence-corrected chi connectivity index (χ2v) is 8.78. The molecule has 0 bridgehead atoms. The highest BCUT2D eigenvalue weighted by Crippen LogP contribution is 2.32. The van der Waals surface area contributed by atoms with Gasteiger partial charge in [-0.15, -0.1) is 11.3 Å². The van der Waals surface area contributed by atoms with E-state index >= 15 is 0 Å². The molecule has 0 aliphatic carbocycles. The summed E-state index contributed by atoms with van der Waals surface area (Å²) in [6.45, 7) is 6.53. The van der Waals surface area contributed by atoms with Crippen LogP contribution in [0, 0.1) is 13.8 Å². The van der Waals surface area contributed by atoms with Crippen molar-refractivity contribution in [2.75, 3.05) is 18.5 Å². The van der Waals surface area contributed by atoms with E-state index in [1.807, 2.05) is 67.8 Å². The predicted octanol–water partition coefficient (Wildman–Crippen LogP) is 5.20. The number of anilines is 1. The van der Waals surface area contributed by atoms with Gasteiger partial charge < -0.3 is 10.1 Å². The van der Waals surface area contributed by atoms with E-state index in [0.717, 1.165) is 33.9 Å². The highest BCUT2D eigenvalue weighted by Gasteiger charge is 2.39. The molecule has 5 nitrogen and oxygen atoms in total. The largest absolute Gasteiger partial charge is 0.492 e. The maximum atomic E-state index is 13.2. The molecule has 0 spiro atoms. The van der Waals surface area contributed by atoms with Gasteiger partial charge in [0.15, 0.2) is 0 Å². The van der Waals surface area contributed by atoms with Crippen LogP contribution in [-0.4, -0.2) is 29.9 Å². The molecule has 6 heteroatoms. The average molecular weight is 447 g/mol. The number of thiophene rings is 1. The van der Waals surface area contributed by atoms with Crippen LogP contribution in [0.2, 0.25) is 0 Å². The second kappa shape index (κ2) is 9.40. The Kier molecular flexibility index (Phi) is 6.42. The van der Waals surface area contributed by atoms with E-state index in [4.69, 9.17) is 4.74 Å². The van der Waals surface area contributed by atoms with Gasteiger partial charge in [-0.2, -0.15) is 0 Å². The number of nitrogens with zero attached hydrogens (tertiary/aromatic N) is 1. The van der Waals surface area contributed by atoms with Crippen molar-refractivity contribution >= 4 is 34.4 Å². The van der Waals surface area contributed by atoms with E-state index in [0.29, 0.717) is 11.3 Å². The zero-order valence-electron chi connectivity index (χ0n) is 18.5. The van der Waals surface area contributed by atoms with Crippen molar-refractivity contribution < 1.29 is 14.3 Å². The Morgan fingerprint density at radius 3 is 2.31 bits per heavy atom. The summed E-state index contributed by atoms with van der Waals surface area (Å²) in [6.07, 6.45) is 0.940. The lowest BCUT2D eigenvalue weighted by atomic mass is 10.1. The summed E-state index contributed by atoms with van der Waals surface area (Å²) in [7, 11) is 0. The summed E-state index contributed by atoms with van der Waals surface area (Å²) in [5, 5.41) is 5.10. The molecular formula is C26H26N2O3S. The van der Waals surface area contributed by atoms with Crippen molar-refractivity contribution in [2.45, 2.75) is 27.2 Å². The van der Waals surface area contributed by atoms with E-state index in [-0.39, 0.29) is 25.0 Å². The van der Waals surface area contributed by atoms with Crippen molar-refractivity contribution in [3.8, 4) is 5.75 Å². The molecular weight excluding hydrogens is 420 g/mol. The molecule has 0 saturated carbocycles. The Bertz CT molecular complexity index is 1140. The normalized spacial score (nSPS) is 13.8. The molecule has 4 rings (SSSR count). The minimum atomic E-state index is -0.331. The van der Waals surface area contributed by atoms with Crippen molar-refractivity contribution in [1.82, 2.24) is 4.90 Å². The van der Waals surface area contributed by atoms with E-state index in [1.54, 1.807) is 0 Å². The molecule has 1 aliphatic heterocycles. The third-order valence-electron chi connectivity index (χ3n) is 5.35. The number of carbonyl (C=O) groups is 2. The third kappa shape index (κ3) is 4.60. The molecule has 2 amide bonds. The zero-order valence-corrected chi connectivity index (χ0v) is 19.3. The summed E-state index contributed by atoms with van der Waals surface area (Å²) in [5.41, 5.74) is 4.93. The number of carbonyl (C=O) groups excluding carboxylic acids is 2. The minimum absolute atomic E-state index is 0.180. The van der Waals surface area contributed by atoms with Gasteiger partial charge in [-0.3, -0.25) is 14.5 Å². The molecule has 1 aliphatic rings. The molecule has 1 aromatic heterocycles. The van der Waals surface area contributed by atoms with Crippen molar-refractivity contribution in [3.63, 3.8) is 0 Å². The molecule has 164 valence electrons. The maximum Gasteiger partial charge on any atom is 0.278 e. The molecule has 1 N–H and O–H groups in total. The highest BCUT2D eigenvalue weighted by molar-refractivity contribution is 7.11. The van der Waals surface area contributed by atoms with Crippen molar-refractivity contribution in [3.05, 3.63) is 87.2 Å². The molecule has 0 saturated heterocycles. The Balaban J connectivity index is 1.53. The number of ether oxygens (including phenoxy) is 1. The Labute approximate surface area is 192 Å². The van der Waals surface area contributed by atoms with Gasteiger partial charge in [0.25, 0.3) is 11.8 Å². The van der Waals surface area contributed by atoms with Crippen LogP contribution in [0.3, 0.4) is 0 Å². The number of imide groups is 1. The number of rotatable bonds is 8. The number of hydrogen-bond donors (Lipinski definition) is 1. The summed E-state index contributed by atoms with van der Waals surface area (Å²) in [4.78, 5) is 28.5.